The highest BCUT2D eigenvalue weighted by Crippen LogP contribution is 2.43. The number of aromatic hydroxyl groups is 2. The fraction of sp³-hybridized carbons (Fsp3) is 0.0500. The largest absolute Gasteiger partial charge is 0.508 e. The van der Waals surface area contributed by atoms with E-state index in [0.29, 0.717) is 11.4 Å². The first-order chi connectivity index (χ1) is 23.9. The Morgan fingerprint density at radius 3 is 1.35 bits per heavy atom. The molecule has 2 amide bonds. The van der Waals surface area contributed by atoms with Crippen molar-refractivity contribution < 1.29 is 29.3 Å². The Kier molecular flexibility index (Phi) is 10.4. The number of amides is 2. The standard InChI is InChI=1S/C40H32N2O6S/c43-33-15-7-13-29(21-33)35-23-31(41-39(45)47-25-27-9-3-1-4-10-27)17-19-37(35)49-38-20-18-32(24-36(38)30-14-8-16-34(44)22-30)42-40(46)48-26-28-11-5-2-6-12-28/h1-24,43-44H,25-26H2,(H,41,45)(H,42,46). The molecule has 0 saturated heterocycles. The summed E-state index contributed by atoms with van der Waals surface area (Å²) in [6.07, 6.45) is -1.19. The first-order valence-corrected chi connectivity index (χ1v) is 16.2. The molecule has 0 radical (unpaired) electrons. The van der Waals surface area contributed by atoms with E-state index >= 15 is 0 Å². The third-order valence-corrected chi connectivity index (χ3v) is 8.56. The Hall–Kier alpha value is -6.19. The van der Waals surface area contributed by atoms with Crippen molar-refractivity contribution in [2.24, 2.45) is 0 Å². The van der Waals surface area contributed by atoms with E-state index in [0.717, 1.165) is 43.2 Å². The number of phenolic OH excluding ortho intramolecular Hbond substituents is 2. The van der Waals surface area contributed by atoms with Crippen LogP contribution in [0.3, 0.4) is 0 Å². The van der Waals surface area contributed by atoms with Crippen molar-refractivity contribution in [2.75, 3.05) is 10.6 Å². The molecule has 0 spiro atoms. The molecule has 6 rings (SSSR count). The third-order valence-electron chi connectivity index (χ3n) is 7.41. The van der Waals surface area contributed by atoms with Gasteiger partial charge in [-0.3, -0.25) is 10.6 Å². The van der Waals surface area contributed by atoms with Crippen LogP contribution in [0.4, 0.5) is 21.0 Å². The number of ether oxygens (including phenoxy) is 2. The van der Waals surface area contributed by atoms with Crippen molar-refractivity contribution in [3.8, 4) is 33.8 Å². The normalized spacial score (nSPS) is 10.6. The fourth-order valence-corrected chi connectivity index (χ4v) is 6.15. The Bertz CT molecular complexity index is 1920. The Morgan fingerprint density at radius 2 is 0.939 bits per heavy atom. The molecule has 0 aliphatic carbocycles. The van der Waals surface area contributed by atoms with Crippen LogP contribution in [0.5, 0.6) is 11.5 Å². The highest BCUT2D eigenvalue weighted by Gasteiger charge is 2.16. The zero-order valence-corrected chi connectivity index (χ0v) is 27.0. The van der Waals surface area contributed by atoms with Gasteiger partial charge in [0.1, 0.15) is 24.7 Å². The van der Waals surface area contributed by atoms with E-state index in [2.05, 4.69) is 10.6 Å². The molecule has 244 valence electrons. The van der Waals surface area contributed by atoms with E-state index in [4.69, 9.17) is 9.47 Å². The molecule has 0 aliphatic heterocycles. The maximum atomic E-state index is 12.7. The zero-order chi connectivity index (χ0) is 34.0. The Balaban J connectivity index is 1.28. The van der Waals surface area contributed by atoms with Crippen molar-refractivity contribution in [2.45, 2.75) is 23.0 Å². The molecular formula is C40H32N2O6S. The molecule has 6 aromatic rings. The summed E-state index contributed by atoms with van der Waals surface area (Å²) < 4.78 is 10.8. The summed E-state index contributed by atoms with van der Waals surface area (Å²) >= 11 is 1.46. The van der Waals surface area contributed by atoms with Crippen LogP contribution >= 0.6 is 11.8 Å². The molecule has 9 heteroatoms. The fourth-order valence-electron chi connectivity index (χ4n) is 5.06. The van der Waals surface area contributed by atoms with Crippen LogP contribution in [-0.2, 0) is 22.7 Å². The van der Waals surface area contributed by atoms with Crippen molar-refractivity contribution in [1.82, 2.24) is 0 Å². The SMILES string of the molecule is O=C(Nc1ccc(Sc2ccc(NC(=O)OCc3ccccc3)cc2-c2cccc(O)c2)c(-c2cccc(O)c2)c1)OCc1ccccc1. The molecule has 0 aliphatic rings. The van der Waals surface area contributed by atoms with Crippen molar-refractivity contribution in [3.63, 3.8) is 0 Å². The molecule has 0 fully saturated rings. The molecule has 49 heavy (non-hydrogen) atoms. The van der Waals surface area contributed by atoms with Gasteiger partial charge in [0.25, 0.3) is 0 Å². The molecule has 0 bridgehead atoms. The van der Waals surface area contributed by atoms with Gasteiger partial charge in [0.05, 0.1) is 0 Å². The summed E-state index contributed by atoms with van der Waals surface area (Å²) in [5.41, 5.74) is 5.77. The van der Waals surface area contributed by atoms with Gasteiger partial charge in [-0.05, 0) is 94.0 Å². The minimum absolute atomic E-state index is 0.101. The predicted octanol–water partition coefficient (Wildman–Crippen LogP) is 10.1. The third kappa shape index (κ3) is 9.00. The number of anilines is 2. The lowest BCUT2D eigenvalue weighted by atomic mass is 10.0. The molecule has 6 aromatic carbocycles. The minimum atomic E-state index is -0.595. The number of phenols is 2. The van der Waals surface area contributed by atoms with Gasteiger partial charge >= 0.3 is 12.2 Å². The molecule has 4 N–H and O–H groups in total. The zero-order valence-electron chi connectivity index (χ0n) is 26.2. The maximum absolute atomic E-state index is 12.7. The first-order valence-electron chi connectivity index (χ1n) is 15.4. The lowest BCUT2D eigenvalue weighted by Gasteiger charge is -2.16. The summed E-state index contributed by atoms with van der Waals surface area (Å²) in [5.74, 6) is 0.202. The van der Waals surface area contributed by atoms with Gasteiger partial charge in [0.15, 0.2) is 0 Å². The number of rotatable bonds is 10. The second-order valence-corrected chi connectivity index (χ2v) is 12.1. The van der Waals surface area contributed by atoms with Crippen LogP contribution in [0.25, 0.3) is 22.3 Å². The van der Waals surface area contributed by atoms with Crippen molar-refractivity contribution in [3.05, 3.63) is 157 Å². The molecular weight excluding hydrogens is 637 g/mol. The van der Waals surface area contributed by atoms with E-state index in [1.54, 1.807) is 48.5 Å². The first kappa shape index (κ1) is 32.7. The number of carbonyl (C=O) groups excluding carboxylic acids is 2. The number of benzene rings is 6. The second-order valence-electron chi connectivity index (χ2n) is 11.0. The maximum Gasteiger partial charge on any atom is 0.411 e. The second kappa shape index (κ2) is 15.6. The number of nitrogens with one attached hydrogen (secondary N) is 2. The van der Waals surface area contributed by atoms with Crippen molar-refractivity contribution >= 4 is 35.3 Å². The molecule has 8 nitrogen and oxygen atoms in total. The van der Waals surface area contributed by atoms with E-state index in [9.17, 15) is 19.8 Å². The van der Waals surface area contributed by atoms with Crippen molar-refractivity contribution in [1.29, 1.82) is 0 Å². The highest BCUT2D eigenvalue weighted by molar-refractivity contribution is 7.99. The number of hydrogen-bond acceptors (Lipinski definition) is 7. The Labute approximate surface area is 288 Å². The summed E-state index contributed by atoms with van der Waals surface area (Å²) in [4.78, 5) is 27.0. The topological polar surface area (TPSA) is 117 Å². The van der Waals surface area contributed by atoms with E-state index in [1.807, 2.05) is 97.1 Å². The average molecular weight is 669 g/mol. The van der Waals surface area contributed by atoms with Crippen LogP contribution in [0.1, 0.15) is 11.1 Å². The predicted molar refractivity (Wildman–Crippen MR) is 192 cm³/mol. The van der Waals surface area contributed by atoms with Gasteiger partial charge in [0, 0.05) is 21.2 Å². The van der Waals surface area contributed by atoms with E-state index in [1.165, 1.54) is 11.8 Å². The van der Waals surface area contributed by atoms with Gasteiger partial charge in [-0.1, -0.05) is 96.7 Å². The number of hydrogen-bond donors (Lipinski definition) is 4. The highest BCUT2D eigenvalue weighted by atomic mass is 32.2. The summed E-state index contributed by atoms with van der Waals surface area (Å²) in [5, 5.41) is 26.2. The van der Waals surface area contributed by atoms with Crippen LogP contribution in [-0.4, -0.2) is 22.4 Å². The van der Waals surface area contributed by atoms with Crippen LogP contribution in [0.15, 0.2) is 155 Å². The molecule has 0 saturated carbocycles. The average Bonchev–Trinajstić information content (AvgIpc) is 3.12. The summed E-state index contributed by atoms with van der Waals surface area (Å²) in [6, 6.07) is 43.6. The quantitative estimate of drug-likeness (QED) is 0.115. The summed E-state index contributed by atoms with van der Waals surface area (Å²) in [7, 11) is 0. The van der Waals surface area contributed by atoms with Gasteiger partial charge < -0.3 is 19.7 Å². The lowest BCUT2D eigenvalue weighted by Crippen LogP contribution is -2.13. The lowest BCUT2D eigenvalue weighted by molar-refractivity contribution is 0.154. The minimum Gasteiger partial charge on any atom is -0.508 e. The molecule has 0 unspecified atom stereocenters. The molecule has 0 aromatic heterocycles. The monoisotopic (exact) mass is 668 g/mol. The Morgan fingerprint density at radius 1 is 0.510 bits per heavy atom. The smallest absolute Gasteiger partial charge is 0.411 e. The number of carbonyl (C=O) groups is 2. The van der Waals surface area contributed by atoms with Crippen LogP contribution in [0, 0.1) is 0 Å². The van der Waals surface area contributed by atoms with Gasteiger partial charge in [-0.15, -0.1) is 0 Å². The van der Waals surface area contributed by atoms with E-state index in [-0.39, 0.29) is 24.7 Å². The van der Waals surface area contributed by atoms with Crippen LogP contribution < -0.4 is 10.6 Å². The van der Waals surface area contributed by atoms with E-state index < -0.39 is 12.2 Å². The summed E-state index contributed by atoms with van der Waals surface area (Å²) in [6.45, 7) is 0.265. The van der Waals surface area contributed by atoms with Gasteiger partial charge in [-0.2, -0.15) is 0 Å². The van der Waals surface area contributed by atoms with Crippen LogP contribution in [0.2, 0.25) is 0 Å². The molecule has 0 heterocycles. The van der Waals surface area contributed by atoms with Gasteiger partial charge in [-0.25, -0.2) is 9.59 Å². The molecule has 0 atom stereocenters. The van der Waals surface area contributed by atoms with Gasteiger partial charge in [0.2, 0.25) is 0 Å².